The molecule has 0 heterocycles. The monoisotopic (exact) mass is 403 g/mol. The number of benzene rings is 2. The van der Waals surface area contributed by atoms with E-state index in [2.05, 4.69) is 15.6 Å². The topological polar surface area (TPSA) is 79.8 Å². The molecule has 0 bridgehead atoms. The predicted octanol–water partition coefficient (Wildman–Crippen LogP) is 2.58. The third-order valence-electron chi connectivity index (χ3n) is 4.11. The van der Waals surface area contributed by atoms with Gasteiger partial charge in [0.1, 0.15) is 12.4 Å². The van der Waals surface area contributed by atoms with Crippen molar-refractivity contribution in [2.75, 3.05) is 32.5 Å². The lowest BCUT2D eigenvalue weighted by Crippen LogP contribution is -2.39. The van der Waals surface area contributed by atoms with Gasteiger partial charge in [0.25, 0.3) is 0 Å². The zero-order valence-corrected chi connectivity index (χ0v) is 17.6. The Bertz CT molecular complexity index is 878. The minimum absolute atomic E-state index is 0.336. The number of nitrogens with zero attached hydrogens (tertiary/aromatic N) is 1. The van der Waals surface area contributed by atoms with Crippen LogP contribution in [0.3, 0.4) is 0 Å². The highest BCUT2D eigenvalue weighted by Gasteiger charge is 2.06. The molecule has 28 heavy (non-hydrogen) atoms. The van der Waals surface area contributed by atoms with Gasteiger partial charge >= 0.3 is 0 Å². The van der Waals surface area contributed by atoms with Crippen LogP contribution in [0.2, 0.25) is 0 Å². The predicted molar refractivity (Wildman–Crippen MR) is 114 cm³/mol. The summed E-state index contributed by atoms with van der Waals surface area (Å²) in [5.74, 6) is 1.63. The largest absolute Gasteiger partial charge is 0.491 e. The van der Waals surface area contributed by atoms with Crippen molar-refractivity contribution < 1.29 is 13.2 Å². The minimum Gasteiger partial charge on any atom is -0.491 e. The maximum Gasteiger partial charge on any atom is 0.191 e. The third kappa shape index (κ3) is 7.23. The normalized spacial score (nSPS) is 11.9. The lowest BCUT2D eigenvalue weighted by atomic mass is 10.1. The van der Waals surface area contributed by atoms with Gasteiger partial charge in [-0.1, -0.05) is 30.3 Å². The first-order valence-electron chi connectivity index (χ1n) is 9.39. The van der Waals surface area contributed by atoms with Crippen molar-refractivity contribution in [1.82, 2.24) is 10.6 Å². The average molecular weight is 404 g/mol. The van der Waals surface area contributed by atoms with Crippen molar-refractivity contribution in [2.45, 2.75) is 25.2 Å². The summed E-state index contributed by atoms with van der Waals surface area (Å²) in [6.45, 7) is 6.60. The molecule has 0 fully saturated rings. The molecule has 2 N–H and O–H groups in total. The van der Waals surface area contributed by atoms with Gasteiger partial charge in [-0.05, 0) is 49.6 Å². The smallest absolute Gasteiger partial charge is 0.191 e. The number of ether oxygens (including phenoxy) is 1. The molecular formula is C21H29N3O3S. The van der Waals surface area contributed by atoms with Gasteiger partial charge in [0, 0.05) is 19.3 Å². The zero-order chi connectivity index (χ0) is 20.4. The van der Waals surface area contributed by atoms with E-state index >= 15 is 0 Å². The van der Waals surface area contributed by atoms with Crippen LogP contribution in [0.15, 0.2) is 58.4 Å². The van der Waals surface area contributed by atoms with E-state index in [4.69, 9.17) is 4.74 Å². The Morgan fingerprint density at radius 2 is 1.79 bits per heavy atom. The van der Waals surface area contributed by atoms with E-state index in [-0.39, 0.29) is 0 Å². The fourth-order valence-corrected chi connectivity index (χ4v) is 3.22. The Morgan fingerprint density at radius 1 is 1.07 bits per heavy atom. The minimum atomic E-state index is -3.16. The van der Waals surface area contributed by atoms with Crippen LogP contribution in [0, 0.1) is 6.92 Å². The molecule has 0 amide bonds. The highest BCUT2D eigenvalue weighted by molar-refractivity contribution is 7.90. The second kappa shape index (κ2) is 10.7. The number of aliphatic imine (C=N–C) groups is 1. The highest BCUT2D eigenvalue weighted by atomic mass is 32.2. The lowest BCUT2D eigenvalue weighted by Gasteiger charge is -2.13. The average Bonchev–Trinajstić information content (AvgIpc) is 2.66. The molecule has 0 aromatic heterocycles. The van der Waals surface area contributed by atoms with E-state index in [9.17, 15) is 8.42 Å². The summed E-state index contributed by atoms with van der Waals surface area (Å²) in [6, 6.07) is 14.9. The first kappa shape index (κ1) is 21.8. The molecular weight excluding hydrogens is 374 g/mol. The quantitative estimate of drug-likeness (QED) is 0.382. The van der Waals surface area contributed by atoms with Crippen molar-refractivity contribution in [3.63, 3.8) is 0 Å². The Morgan fingerprint density at radius 3 is 2.43 bits per heavy atom. The maximum atomic E-state index is 11.5. The second-order valence-electron chi connectivity index (χ2n) is 6.47. The lowest BCUT2D eigenvalue weighted by molar-refractivity contribution is 0.320. The molecule has 0 unspecified atom stereocenters. The van der Waals surface area contributed by atoms with Gasteiger partial charge in [0.15, 0.2) is 15.8 Å². The summed E-state index contributed by atoms with van der Waals surface area (Å²) in [5.41, 5.74) is 2.17. The van der Waals surface area contributed by atoms with Gasteiger partial charge in [-0.3, -0.25) is 4.99 Å². The molecule has 2 rings (SSSR count). The van der Waals surface area contributed by atoms with Crippen LogP contribution < -0.4 is 15.4 Å². The number of hydrogen-bond donors (Lipinski definition) is 2. The fourth-order valence-electron chi connectivity index (χ4n) is 2.59. The molecule has 0 atom stereocenters. The maximum absolute atomic E-state index is 11.5. The zero-order valence-electron chi connectivity index (χ0n) is 16.7. The van der Waals surface area contributed by atoms with Gasteiger partial charge in [0.05, 0.1) is 11.4 Å². The Hall–Kier alpha value is -2.54. The molecule has 6 nitrogen and oxygen atoms in total. The highest BCUT2D eigenvalue weighted by Crippen LogP contribution is 2.15. The molecule has 0 spiro atoms. The number of sulfone groups is 1. The van der Waals surface area contributed by atoms with Gasteiger partial charge in [-0.2, -0.15) is 0 Å². The van der Waals surface area contributed by atoms with Gasteiger partial charge < -0.3 is 15.4 Å². The van der Waals surface area contributed by atoms with Crippen LogP contribution in [-0.2, 0) is 16.3 Å². The Kier molecular flexibility index (Phi) is 8.32. The summed E-state index contributed by atoms with van der Waals surface area (Å²) in [4.78, 5) is 4.90. The van der Waals surface area contributed by atoms with Crippen LogP contribution in [0.25, 0.3) is 0 Å². The Balaban J connectivity index is 1.80. The van der Waals surface area contributed by atoms with E-state index in [0.717, 1.165) is 35.8 Å². The summed E-state index contributed by atoms with van der Waals surface area (Å²) in [6.07, 6.45) is 1.95. The third-order valence-corrected chi connectivity index (χ3v) is 5.24. The van der Waals surface area contributed by atoms with Crippen molar-refractivity contribution in [3.05, 3.63) is 59.7 Å². The number of rotatable bonds is 9. The molecule has 0 saturated heterocycles. The number of hydrogen-bond acceptors (Lipinski definition) is 4. The van der Waals surface area contributed by atoms with Crippen molar-refractivity contribution >= 4 is 15.8 Å². The molecule has 0 aliphatic rings. The van der Waals surface area contributed by atoms with E-state index < -0.39 is 9.84 Å². The van der Waals surface area contributed by atoms with Crippen molar-refractivity contribution in [3.8, 4) is 5.75 Å². The second-order valence-corrected chi connectivity index (χ2v) is 8.48. The molecule has 0 aliphatic carbocycles. The standard InChI is InChI=1S/C21H29N3O3S/c1-4-22-21(24-15-16-27-20-8-6-5-7-17(20)2)23-14-13-18-9-11-19(12-10-18)28(3,25)26/h5-12H,4,13-16H2,1-3H3,(H2,22,23,24). The van der Waals surface area contributed by atoms with Crippen LogP contribution in [0.1, 0.15) is 18.1 Å². The molecule has 0 saturated carbocycles. The van der Waals surface area contributed by atoms with Crippen LogP contribution >= 0.6 is 0 Å². The number of aryl methyl sites for hydroxylation is 1. The first-order chi connectivity index (χ1) is 13.4. The fraction of sp³-hybridized carbons (Fsp3) is 0.381. The summed E-state index contributed by atoms with van der Waals surface area (Å²) < 4.78 is 28.8. The Labute approximate surface area is 168 Å². The number of guanidine groups is 1. The van der Waals surface area contributed by atoms with Crippen molar-refractivity contribution in [2.24, 2.45) is 4.99 Å². The van der Waals surface area contributed by atoms with E-state index in [0.29, 0.717) is 24.6 Å². The van der Waals surface area contributed by atoms with Crippen LogP contribution in [-0.4, -0.2) is 46.9 Å². The molecule has 2 aromatic rings. The van der Waals surface area contributed by atoms with Crippen molar-refractivity contribution in [1.29, 1.82) is 0 Å². The summed E-state index contributed by atoms with van der Waals surface area (Å²) in [5, 5.41) is 6.47. The number of nitrogens with one attached hydrogen (secondary N) is 2. The van der Waals surface area contributed by atoms with Gasteiger partial charge in [-0.25, -0.2) is 8.42 Å². The van der Waals surface area contributed by atoms with E-state index in [1.165, 1.54) is 6.26 Å². The number of para-hydroxylation sites is 1. The molecule has 2 aromatic carbocycles. The van der Waals surface area contributed by atoms with E-state index in [1.807, 2.05) is 50.2 Å². The molecule has 0 aliphatic heterocycles. The SMILES string of the molecule is CCNC(=NCCc1ccc(S(C)(=O)=O)cc1)NCCOc1ccccc1C. The van der Waals surface area contributed by atoms with Gasteiger partial charge in [0.2, 0.25) is 0 Å². The van der Waals surface area contributed by atoms with E-state index in [1.54, 1.807) is 12.1 Å². The summed E-state index contributed by atoms with van der Waals surface area (Å²) in [7, 11) is -3.16. The van der Waals surface area contributed by atoms with Gasteiger partial charge in [-0.15, -0.1) is 0 Å². The molecule has 152 valence electrons. The molecule has 7 heteroatoms. The van der Waals surface area contributed by atoms with Crippen LogP contribution in [0.4, 0.5) is 0 Å². The molecule has 0 radical (unpaired) electrons. The first-order valence-corrected chi connectivity index (χ1v) is 11.3. The summed E-state index contributed by atoms with van der Waals surface area (Å²) >= 11 is 0. The van der Waals surface area contributed by atoms with Crippen LogP contribution in [0.5, 0.6) is 5.75 Å².